The zero-order valence-corrected chi connectivity index (χ0v) is 15.3. The van der Waals surface area contributed by atoms with Gasteiger partial charge in [-0.3, -0.25) is 14.6 Å². The summed E-state index contributed by atoms with van der Waals surface area (Å²) in [5, 5.41) is 11.9. The van der Waals surface area contributed by atoms with Crippen LogP contribution in [-0.2, 0) is 11.3 Å². The first-order valence-corrected chi connectivity index (χ1v) is 9.31. The monoisotopic (exact) mass is 374 g/mol. The van der Waals surface area contributed by atoms with Gasteiger partial charge in [0.05, 0.1) is 22.1 Å². The molecule has 1 N–H and O–H groups in total. The van der Waals surface area contributed by atoms with Crippen LogP contribution in [0.4, 0.5) is 5.69 Å². The molecule has 7 heteroatoms. The molecule has 0 radical (unpaired) electrons. The van der Waals surface area contributed by atoms with E-state index in [2.05, 4.69) is 27.3 Å². The molecule has 1 aliphatic rings. The molecule has 3 rings (SSSR count). The first-order chi connectivity index (χ1) is 12.1. The third-order valence-electron chi connectivity index (χ3n) is 4.16. The number of thiophene rings is 1. The Morgan fingerprint density at radius 3 is 2.56 bits per heavy atom. The van der Waals surface area contributed by atoms with E-state index >= 15 is 0 Å². The summed E-state index contributed by atoms with van der Waals surface area (Å²) < 4.78 is 0.822. The maximum atomic E-state index is 12.2. The summed E-state index contributed by atoms with van der Waals surface area (Å²) in [7, 11) is 0. The molecular formula is C18H19ClN4OS. The molecule has 5 nitrogen and oxygen atoms in total. The number of amides is 1. The van der Waals surface area contributed by atoms with E-state index in [1.165, 1.54) is 4.88 Å². The van der Waals surface area contributed by atoms with Gasteiger partial charge in [-0.15, -0.1) is 11.3 Å². The van der Waals surface area contributed by atoms with E-state index < -0.39 is 0 Å². The number of piperazine rings is 1. The molecule has 0 atom stereocenters. The first kappa shape index (κ1) is 17.9. The van der Waals surface area contributed by atoms with Crippen LogP contribution in [0, 0.1) is 11.3 Å². The highest BCUT2D eigenvalue weighted by molar-refractivity contribution is 7.16. The van der Waals surface area contributed by atoms with Gasteiger partial charge in [-0.25, -0.2) is 0 Å². The molecule has 1 aliphatic heterocycles. The predicted molar refractivity (Wildman–Crippen MR) is 101 cm³/mol. The summed E-state index contributed by atoms with van der Waals surface area (Å²) in [5.74, 6) is -0.0822. The lowest BCUT2D eigenvalue weighted by atomic mass is 10.2. The van der Waals surface area contributed by atoms with Crippen LogP contribution >= 0.6 is 22.9 Å². The number of benzene rings is 1. The number of halogens is 1. The molecule has 0 spiro atoms. The van der Waals surface area contributed by atoms with Crippen molar-refractivity contribution in [3.63, 3.8) is 0 Å². The summed E-state index contributed by atoms with van der Waals surface area (Å²) in [4.78, 5) is 18.0. The molecule has 1 aromatic heterocycles. The number of para-hydroxylation sites is 1. The highest BCUT2D eigenvalue weighted by Crippen LogP contribution is 2.23. The van der Waals surface area contributed by atoms with Crippen LogP contribution in [0.5, 0.6) is 0 Å². The molecule has 0 aliphatic carbocycles. The quantitative estimate of drug-likeness (QED) is 0.873. The Labute approximate surface area is 156 Å². The third kappa shape index (κ3) is 5.03. The molecule has 1 fully saturated rings. The lowest BCUT2D eigenvalue weighted by Gasteiger charge is -2.34. The van der Waals surface area contributed by atoms with Crippen molar-refractivity contribution in [3.05, 3.63) is 51.2 Å². The number of nitrogens with zero attached hydrogens (tertiary/aromatic N) is 3. The maximum absolute atomic E-state index is 12.2. The fraction of sp³-hybridized carbons (Fsp3) is 0.333. The van der Waals surface area contributed by atoms with Crippen LogP contribution in [0.2, 0.25) is 4.34 Å². The third-order valence-corrected chi connectivity index (χ3v) is 5.38. The standard InChI is InChI=1S/C18H19ClN4OS/c19-17-6-5-15(25-17)12-22-7-9-23(10-8-22)13-18(24)21-16-4-2-1-3-14(16)11-20/h1-6H,7-10,12-13H2,(H,21,24). The second kappa shape index (κ2) is 8.45. The Kier molecular flexibility index (Phi) is 6.05. The maximum Gasteiger partial charge on any atom is 0.238 e. The number of hydrogen-bond acceptors (Lipinski definition) is 5. The van der Waals surface area contributed by atoms with E-state index in [0.29, 0.717) is 17.8 Å². The molecule has 2 heterocycles. The topological polar surface area (TPSA) is 59.4 Å². The number of nitrogens with one attached hydrogen (secondary N) is 1. The Morgan fingerprint density at radius 1 is 1.16 bits per heavy atom. The second-order valence-corrected chi connectivity index (χ2v) is 7.76. The van der Waals surface area contributed by atoms with E-state index in [4.69, 9.17) is 16.9 Å². The van der Waals surface area contributed by atoms with Gasteiger partial charge in [0.2, 0.25) is 5.91 Å². The molecule has 25 heavy (non-hydrogen) atoms. The average Bonchev–Trinajstić information content (AvgIpc) is 3.02. The van der Waals surface area contributed by atoms with Gasteiger partial charge in [0.15, 0.2) is 0 Å². The Balaban J connectivity index is 1.45. The van der Waals surface area contributed by atoms with Crippen molar-refractivity contribution in [3.8, 4) is 6.07 Å². The molecule has 1 aromatic carbocycles. The van der Waals surface area contributed by atoms with Crippen molar-refractivity contribution in [2.24, 2.45) is 0 Å². The van der Waals surface area contributed by atoms with E-state index in [1.807, 2.05) is 12.1 Å². The van der Waals surface area contributed by atoms with E-state index in [-0.39, 0.29) is 5.91 Å². The summed E-state index contributed by atoms with van der Waals surface area (Å²) in [6, 6.07) is 13.1. The molecule has 0 unspecified atom stereocenters. The zero-order chi connectivity index (χ0) is 17.6. The van der Waals surface area contributed by atoms with Crippen molar-refractivity contribution >= 4 is 34.5 Å². The predicted octanol–water partition coefficient (Wildman–Crippen LogP) is 3.03. The Bertz CT molecular complexity index is 777. The van der Waals surface area contributed by atoms with Gasteiger partial charge in [-0.05, 0) is 24.3 Å². The summed E-state index contributed by atoms with van der Waals surface area (Å²) in [6.07, 6.45) is 0. The van der Waals surface area contributed by atoms with Crippen LogP contribution in [0.25, 0.3) is 0 Å². The first-order valence-electron chi connectivity index (χ1n) is 8.12. The molecule has 1 amide bonds. The van der Waals surface area contributed by atoms with E-state index in [9.17, 15) is 4.79 Å². The van der Waals surface area contributed by atoms with Gasteiger partial charge in [-0.2, -0.15) is 5.26 Å². The van der Waals surface area contributed by atoms with Crippen LogP contribution in [0.3, 0.4) is 0 Å². The van der Waals surface area contributed by atoms with Crippen molar-refractivity contribution in [1.82, 2.24) is 9.80 Å². The van der Waals surface area contributed by atoms with Gasteiger partial charge >= 0.3 is 0 Å². The summed E-state index contributed by atoms with van der Waals surface area (Å²) in [5.41, 5.74) is 1.05. The van der Waals surface area contributed by atoms with E-state index in [0.717, 1.165) is 37.1 Å². The van der Waals surface area contributed by atoms with Crippen LogP contribution < -0.4 is 5.32 Å². The van der Waals surface area contributed by atoms with Crippen molar-refractivity contribution < 1.29 is 4.79 Å². The zero-order valence-electron chi connectivity index (χ0n) is 13.7. The SMILES string of the molecule is N#Cc1ccccc1NC(=O)CN1CCN(Cc2ccc(Cl)s2)CC1. The molecule has 2 aromatic rings. The fourth-order valence-electron chi connectivity index (χ4n) is 2.85. The molecular weight excluding hydrogens is 356 g/mol. The van der Waals surface area contributed by atoms with Gasteiger partial charge in [0, 0.05) is 37.6 Å². The van der Waals surface area contributed by atoms with Gasteiger partial charge < -0.3 is 5.32 Å². The Hall–Kier alpha value is -1.91. The smallest absolute Gasteiger partial charge is 0.238 e. The molecule has 1 saturated heterocycles. The largest absolute Gasteiger partial charge is 0.324 e. The minimum Gasteiger partial charge on any atom is -0.324 e. The second-order valence-electron chi connectivity index (χ2n) is 5.96. The number of carbonyl (C=O) groups is 1. The number of rotatable bonds is 5. The van der Waals surface area contributed by atoms with Crippen LogP contribution in [0.1, 0.15) is 10.4 Å². The molecule has 0 bridgehead atoms. The van der Waals surface area contributed by atoms with Gasteiger partial charge in [-0.1, -0.05) is 23.7 Å². The van der Waals surface area contributed by atoms with Crippen molar-refractivity contribution in [2.75, 3.05) is 38.0 Å². The summed E-state index contributed by atoms with van der Waals surface area (Å²) >= 11 is 7.59. The number of nitriles is 1. The highest BCUT2D eigenvalue weighted by atomic mass is 35.5. The lowest BCUT2D eigenvalue weighted by Crippen LogP contribution is -2.48. The van der Waals surface area contributed by atoms with Gasteiger partial charge in [0.25, 0.3) is 0 Å². The van der Waals surface area contributed by atoms with Crippen molar-refractivity contribution in [1.29, 1.82) is 5.26 Å². The van der Waals surface area contributed by atoms with Crippen molar-refractivity contribution in [2.45, 2.75) is 6.54 Å². The number of anilines is 1. The van der Waals surface area contributed by atoms with Gasteiger partial charge in [0.1, 0.15) is 6.07 Å². The Morgan fingerprint density at radius 2 is 1.88 bits per heavy atom. The molecule has 0 saturated carbocycles. The highest BCUT2D eigenvalue weighted by Gasteiger charge is 2.19. The number of hydrogen-bond donors (Lipinski definition) is 1. The number of carbonyl (C=O) groups excluding carboxylic acids is 1. The summed E-state index contributed by atoms with van der Waals surface area (Å²) in [6.45, 7) is 4.82. The normalized spacial score (nSPS) is 15.7. The fourth-order valence-corrected chi connectivity index (χ4v) is 3.98. The van der Waals surface area contributed by atoms with Crippen LogP contribution in [0.15, 0.2) is 36.4 Å². The minimum atomic E-state index is -0.0822. The molecule has 130 valence electrons. The average molecular weight is 375 g/mol. The minimum absolute atomic E-state index is 0.0822. The van der Waals surface area contributed by atoms with E-state index in [1.54, 1.807) is 29.5 Å². The lowest BCUT2D eigenvalue weighted by molar-refractivity contribution is -0.117. The van der Waals surface area contributed by atoms with Crippen LogP contribution in [-0.4, -0.2) is 48.4 Å².